The van der Waals surface area contributed by atoms with Crippen LogP contribution in [0.5, 0.6) is 5.75 Å². The maximum atomic E-state index is 13.5. The van der Waals surface area contributed by atoms with Gasteiger partial charge in [0.2, 0.25) is 0 Å². The zero-order valence-corrected chi connectivity index (χ0v) is 21.5. The number of carbonyl (C=O) groups excluding carboxylic acids is 3. The molecule has 0 atom stereocenters. The fourth-order valence-electron chi connectivity index (χ4n) is 5.46. The number of primary amides is 1. The monoisotopic (exact) mass is 514 g/mol. The van der Waals surface area contributed by atoms with Crippen molar-refractivity contribution in [2.75, 3.05) is 13.7 Å². The number of ketones is 2. The first-order valence-electron chi connectivity index (χ1n) is 11.3. The first-order valence-corrected chi connectivity index (χ1v) is 12.1. The van der Waals surface area contributed by atoms with E-state index in [0.717, 1.165) is 40.9 Å². The van der Waals surface area contributed by atoms with E-state index in [0.29, 0.717) is 23.1 Å². The highest BCUT2D eigenvalue weighted by molar-refractivity contribution is 9.10. The molecule has 6 nitrogen and oxygen atoms in total. The van der Waals surface area contributed by atoms with Gasteiger partial charge in [-0.25, -0.2) is 0 Å². The highest BCUT2D eigenvalue weighted by atomic mass is 79.9. The SMILES string of the molecule is CN1C2=C(C(=O)CC(C)(C)C2)C(c2ccc(OCC(N)=O)c(Br)c2)C2=C1CC(C)(C)CC2=O. The largest absolute Gasteiger partial charge is 0.483 e. The molecule has 1 aromatic rings. The van der Waals surface area contributed by atoms with Gasteiger partial charge >= 0.3 is 0 Å². The average Bonchev–Trinajstić information content (AvgIpc) is 2.67. The number of Topliss-reactive ketones (excluding diaryl/α,β-unsaturated/α-hetero) is 2. The number of rotatable bonds is 4. The maximum Gasteiger partial charge on any atom is 0.255 e. The van der Waals surface area contributed by atoms with Crippen LogP contribution in [0.4, 0.5) is 0 Å². The van der Waals surface area contributed by atoms with Crippen molar-refractivity contribution in [1.82, 2.24) is 4.90 Å². The van der Waals surface area contributed by atoms with Crippen LogP contribution >= 0.6 is 15.9 Å². The van der Waals surface area contributed by atoms with Gasteiger partial charge in [0.1, 0.15) is 5.75 Å². The molecule has 1 aromatic carbocycles. The van der Waals surface area contributed by atoms with Gasteiger partial charge in [0.15, 0.2) is 18.2 Å². The van der Waals surface area contributed by atoms with Crippen molar-refractivity contribution < 1.29 is 19.1 Å². The Balaban J connectivity index is 1.88. The number of benzene rings is 1. The Kier molecular flexibility index (Phi) is 5.84. The van der Waals surface area contributed by atoms with Crippen molar-refractivity contribution in [2.45, 2.75) is 59.3 Å². The zero-order chi connectivity index (χ0) is 24.3. The summed E-state index contributed by atoms with van der Waals surface area (Å²) in [7, 11) is 2.00. The number of amides is 1. The molecule has 0 aromatic heterocycles. The predicted octanol–water partition coefficient (Wildman–Crippen LogP) is 4.63. The lowest BCUT2D eigenvalue weighted by Gasteiger charge is -2.47. The van der Waals surface area contributed by atoms with Gasteiger partial charge in [0.25, 0.3) is 5.91 Å². The number of nitrogens with zero attached hydrogens (tertiary/aromatic N) is 1. The molecule has 1 aliphatic heterocycles. The summed E-state index contributed by atoms with van der Waals surface area (Å²) >= 11 is 3.53. The molecular formula is C26H31BrN2O4. The molecule has 0 spiro atoms. The Labute approximate surface area is 203 Å². The molecule has 0 radical (unpaired) electrons. The molecule has 7 heteroatoms. The number of hydrogen-bond donors (Lipinski definition) is 1. The van der Waals surface area contributed by atoms with Crippen molar-refractivity contribution >= 4 is 33.4 Å². The van der Waals surface area contributed by atoms with E-state index >= 15 is 0 Å². The smallest absolute Gasteiger partial charge is 0.255 e. The first kappa shape index (κ1) is 23.7. The predicted molar refractivity (Wildman–Crippen MR) is 129 cm³/mol. The topological polar surface area (TPSA) is 89.7 Å². The summed E-state index contributed by atoms with van der Waals surface area (Å²) in [6.45, 7) is 8.27. The van der Waals surface area contributed by atoms with E-state index < -0.39 is 11.8 Å². The van der Waals surface area contributed by atoms with Crippen molar-refractivity contribution in [3.63, 3.8) is 0 Å². The van der Waals surface area contributed by atoms with E-state index in [9.17, 15) is 14.4 Å². The highest BCUT2D eigenvalue weighted by Gasteiger charge is 2.48. The van der Waals surface area contributed by atoms with Crippen LogP contribution in [-0.4, -0.2) is 36.0 Å². The van der Waals surface area contributed by atoms with Gasteiger partial charge in [-0.3, -0.25) is 14.4 Å². The average molecular weight is 515 g/mol. The van der Waals surface area contributed by atoms with Crippen LogP contribution in [0, 0.1) is 10.8 Å². The number of carbonyl (C=O) groups is 3. The van der Waals surface area contributed by atoms with Crippen LogP contribution in [0.3, 0.4) is 0 Å². The van der Waals surface area contributed by atoms with E-state index in [1.54, 1.807) is 6.07 Å². The Hall–Kier alpha value is -2.41. The summed E-state index contributed by atoms with van der Waals surface area (Å²) in [5.74, 6) is -0.266. The van der Waals surface area contributed by atoms with E-state index in [1.165, 1.54) is 0 Å². The Bertz CT molecular complexity index is 1080. The molecule has 0 saturated heterocycles. The lowest BCUT2D eigenvalue weighted by molar-refractivity contribution is -0.121. The van der Waals surface area contributed by atoms with Gasteiger partial charge in [-0.2, -0.15) is 0 Å². The number of halogens is 1. The van der Waals surface area contributed by atoms with Crippen LogP contribution in [0.15, 0.2) is 45.2 Å². The lowest BCUT2D eigenvalue weighted by Crippen LogP contribution is -2.43. The first-order chi connectivity index (χ1) is 15.3. The summed E-state index contributed by atoms with van der Waals surface area (Å²) < 4.78 is 6.13. The van der Waals surface area contributed by atoms with E-state index in [1.807, 2.05) is 19.2 Å². The third-order valence-electron chi connectivity index (χ3n) is 6.84. The second-order valence-corrected chi connectivity index (χ2v) is 11.9. The maximum absolute atomic E-state index is 13.5. The zero-order valence-electron chi connectivity index (χ0n) is 19.9. The molecule has 0 unspecified atom stereocenters. The normalized spacial score (nSPS) is 22.3. The fourth-order valence-corrected chi connectivity index (χ4v) is 5.97. The second-order valence-electron chi connectivity index (χ2n) is 11.0. The summed E-state index contributed by atoms with van der Waals surface area (Å²) in [4.78, 5) is 40.2. The van der Waals surface area contributed by atoms with E-state index in [4.69, 9.17) is 10.5 Å². The standard InChI is InChI=1S/C26H31BrN2O4/c1-25(2)9-16-23(18(30)11-25)22(14-6-7-20(15(27)8-14)33-13-21(28)32)24-17(29(16)5)10-26(3,4)12-19(24)31/h6-8,22H,9-13H2,1-5H3,(H2,28,32). The Morgan fingerprint density at radius 1 is 1.03 bits per heavy atom. The Morgan fingerprint density at radius 2 is 1.55 bits per heavy atom. The minimum atomic E-state index is -0.559. The van der Waals surface area contributed by atoms with Gasteiger partial charge in [0, 0.05) is 48.3 Å². The minimum absolute atomic E-state index is 0.104. The van der Waals surface area contributed by atoms with Gasteiger partial charge in [-0.05, 0) is 57.3 Å². The van der Waals surface area contributed by atoms with Gasteiger partial charge < -0.3 is 15.4 Å². The molecule has 0 fully saturated rings. The molecule has 2 aliphatic carbocycles. The molecule has 1 heterocycles. The van der Waals surface area contributed by atoms with Crippen molar-refractivity contribution in [3.8, 4) is 5.75 Å². The highest BCUT2D eigenvalue weighted by Crippen LogP contribution is 2.54. The summed E-state index contributed by atoms with van der Waals surface area (Å²) in [6, 6.07) is 5.53. The van der Waals surface area contributed by atoms with Crippen LogP contribution in [0.25, 0.3) is 0 Å². The number of nitrogens with two attached hydrogens (primary N) is 1. The Morgan fingerprint density at radius 3 is 2.00 bits per heavy atom. The van der Waals surface area contributed by atoms with E-state index in [2.05, 4.69) is 48.5 Å². The van der Waals surface area contributed by atoms with Crippen LogP contribution in [-0.2, 0) is 14.4 Å². The third kappa shape index (κ3) is 4.39. The van der Waals surface area contributed by atoms with Gasteiger partial charge in [0.05, 0.1) is 4.47 Å². The van der Waals surface area contributed by atoms with Crippen molar-refractivity contribution in [1.29, 1.82) is 0 Å². The number of ether oxygens (including phenoxy) is 1. The number of hydrogen-bond acceptors (Lipinski definition) is 5. The van der Waals surface area contributed by atoms with Crippen LogP contribution in [0.1, 0.15) is 64.9 Å². The molecule has 0 saturated carbocycles. The summed E-state index contributed by atoms with van der Waals surface area (Å²) in [5.41, 5.74) is 9.32. The van der Waals surface area contributed by atoms with Crippen molar-refractivity contribution in [3.05, 3.63) is 50.8 Å². The molecule has 3 aliphatic rings. The van der Waals surface area contributed by atoms with Crippen LogP contribution in [0.2, 0.25) is 0 Å². The number of allylic oxidation sites excluding steroid dienone is 4. The minimum Gasteiger partial charge on any atom is -0.483 e. The molecule has 33 heavy (non-hydrogen) atoms. The molecule has 0 bridgehead atoms. The quantitative estimate of drug-likeness (QED) is 0.632. The fraction of sp³-hybridized carbons (Fsp3) is 0.500. The van der Waals surface area contributed by atoms with Gasteiger partial charge in [-0.15, -0.1) is 0 Å². The second kappa shape index (κ2) is 8.12. The van der Waals surface area contributed by atoms with Crippen LogP contribution < -0.4 is 10.5 Å². The molecule has 4 rings (SSSR count). The van der Waals surface area contributed by atoms with Gasteiger partial charge in [-0.1, -0.05) is 33.8 Å². The van der Waals surface area contributed by atoms with Crippen molar-refractivity contribution in [2.24, 2.45) is 16.6 Å². The lowest BCUT2D eigenvalue weighted by atomic mass is 9.64. The molecular weight excluding hydrogens is 484 g/mol. The third-order valence-corrected chi connectivity index (χ3v) is 7.46. The molecule has 2 N–H and O–H groups in total. The van der Waals surface area contributed by atoms with E-state index in [-0.39, 0.29) is 29.0 Å². The molecule has 176 valence electrons. The molecule has 1 amide bonds. The summed E-state index contributed by atoms with van der Waals surface area (Å²) in [5, 5.41) is 0. The summed E-state index contributed by atoms with van der Waals surface area (Å²) in [6.07, 6.45) is 2.49.